The third kappa shape index (κ3) is 3.63. The largest absolute Gasteiger partial charge is 0.396 e. The molecule has 1 heterocycles. The van der Waals surface area contributed by atoms with E-state index in [-0.39, 0.29) is 30.1 Å². The van der Waals surface area contributed by atoms with Crippen LogP contribution in [-0.2, 0) is 0 Å². The number of hydrogen-bond acceptors (Lipinski definition) is 7. The van der Waals surface area contributed by atoms with E-state index in [2.05, 4.69) is 15.3 Å². The van der Waals surface area contributed by atoms with Gasteiger partial charge >= 0.3 is 5.69 Å². The molecule has 1 aromatic heterocycles. The van der Waals surface area contributed by atoms with Crippen LogP contribution in [0.3, 0.4) is 0 Å². The zero-order valence-electron chi connectivity index (χ0n) is 11.1. The summed E-state index contributed by atoms with van der Waals surface area (Å²) < 4.78 is 0. The van der Waals surface area contributed by atoms with Crippen molar-refractivity contribution in [2.75, 3.05) is 17.7 Å². The van der Waals surface area contributed by atoms with Crippen molar-refractivity contribution >= 4 is 17.5 Å². The van der Waals surface area contributed by atoms with Gasteiger partial charge in [0, 0.05) is 6.61 Å². The molecule has 0 aliphatic heterocycles. The molecular weight excluding hydrogens is 274 g/mol. The molecule has 0 bridgehead atoms. The minimum atomic E-state index is -0.637. The molecule has 0 saturated carbocycles. The van der Waals surface area contributed by atoms with E-state index in [4.69, 9.17) is 10.8 Å². The Bertz CT molecular complexity index is 620. The SMILES string of the molecule is Nc1nc(N[C@@H](CCO)c2ccccc2)ncc1[N+](=O)[O-]. The van der Waals surface area contributed by atoms with Crippen LogP contribution >= 0.6 is 0 Å². The number of hydrogen-bond donors (Lipinski definition) is 3. The maximum Gasteiger partial charge on any atom is 0.329 e. The molecule has 0 unspecified atom stereocenters. The lowest BCUT2D eigenvalue weighted by Crippen LogP contribution is -2.15. The number of nitrogen functional groups attached to an aromatic ring is 1. The lowest BCUT2D eigenvalue weighted by atomic mass is 10.0. The number of aliphatic hydroxyl groups excluding tert-OH is 1. The van der Waals surface area contributed by atoms with E-state index in [1.807, 2.05) is 30.3 Å². The lowest BCUT2D eigenvalue weighted by molar-refractivity contribution is -0.384. The summed E-state index contributed by atoms with van der Waals surface area (Å²) in [7, 11) is 0. The van der Waals surface area contributed by atoms with Gasteiger partial charge in [0.15, 0.2) is 0 Å². The van der Waals surface area contributed by atoms with Gasteiger partial charge in [0.25, 0.3) is 0 Å². The second kappa shape index (κ2) is 6.62. The number of rotatable bonds is 6. The van der Waals surface area contributed by atoms with Crippen LogP contribution in [0.15, 0.2) is 36.5 Å². The smallest absolute Gasteiger partial charge is 0.329 e. The Morgan fingerprint density at radius 1 is 1.38 bits per heavy atom. The highest BCUT2D eigenvalue weighted by Crippen LogP contribution is 2.23. The Morgan fingerprint density at radius 3 is 2.67 bits per heavy atom. The monoisotopic (exact) mass is 289 g/mol. The molecule has 1 atom stereocenters. The molecule has 21 heavy (non-hydrogen) atoms. The number of anilines is 2. The lowest BCUT2D eigenvalue weighted by Gasteiger charge is -2.18. The van der Waals surface area contributed by atoms with Crippen molar-refractivity contribution < 1.29 is 10.0 Å². The van der Waals surface area contributed by atoms with Crippen LogP contribution in [0, 0.1) is 10.1 Å². The van der Waals surface area contributed by atoms with E-state index < -0.39 is 4.92 Å². The van der Waals surface area contributed by atoms with Crippen molar-refractivity contribution in [1.82, 2.24) is 9.97 Å². The van der Waals surface area contributed by atoms with Crippen LogP contribution in [0.2, 0.25) is 0 Å². The summed E-state index contributed by atoms with van der Waals surface area (Å²) >= 11 is 0. The van der Waals surface area contributed by atoms with Crippen LogP contribution in [0.4, 0.5) is 17.5 Å². The van der Waals surface area contributed by atoms with Gasteiger partial charge in [0.05, 0.1) is 11.0 Å². The minimum Gasteiger partial charge on any atom is -0.396 e. The molecule has 2 aromatic rings. The van der Waals surface area contributed by atoms with E-state index in [0.29, 0.717) is 6.42 Å². The van der Waals surface area contributed by atoms with E-state index in [1.165, 1.54) is 0 Å². The van der Waals surface area contributed by atoms with Gasteiger partial charge in [-0.05, 0) is 12.0 Å². The van der Waals surface area contributed by atoms with Gasteiger partial charge in [-0.1, -0.05) is 30.3 Å². The molecule has 0 saturated heterocycles. The zero-order chi connectivity index (χ0) is 15.2. The Kier molecular flexibility index (Phi) is 4.62. The first-order valence-electron chi connectivity index (χ1n) is 6.31. The molecule has 0 aliphatic rings. The number of aromatic nitrogens is 2. The number of nitrogens with one attached hydrogen (secondary N) is 1. The summed E-state index contributed by atoms with van der Waals surface area (Å²) in [6.07, 6.45) is 1.51. The Balaban J connectivity index is 2.21. The van der Waals surface area contributed by atoms with E-state index in [1.54, 1.807) is 0 Å². The maximum absolute atomic E-state index is 10.7. The first-order valence-corrected chi connectivity index (χ1v) is 6.31. The van der Waals surface area contributed by atoms with Crippen molar-refractivity contribution in [3.63, 3.8) is 0 Å². The van der Waals surface area contributed by atoms with Crippen molar-refractivity contribution in [3.05, 3.63) is 52.2 Å². The summed E-state index contributed by atoms with van der Waals surface area (Å²) in [6, 6.07) is 9.25. The van der Waals surface area contributed by atoms with Crippen molar-refractivity contribution in [2.45, 2.75) is 12.5 Å². The molecule has 8 nitrogen and oxygen atoms in total. The van der Waals surface area contributed by atoms with Crippen LogP contribution in [0.25, 0.3) is 0 Å². The van der Waals surface area contributed by atoms with E-state index in [0.717, 1.165) is 11.8 Å². The van der Waals surface area contributed by atoms with E-state index in [9.17, 15) is 10.1 Å². The number of nitrogens with two attached hydrogens (primary N) is 1. The first kappa shape index (κ1) is 14.7. The number of nitrogens with zero attached hydrogens (tertiary/aromatic N) is 3. The quantitative estimate of drug-likeness (QED) is 0.543. The fourth-order valence-corrected chi connectivity index (χ4v) is 1.89. The Hall–Kier alpha value is -2.74. The molecule has 0 aliphatic carbocycles. The third-order valence-electron chi connectivity index (χ3n) is 2.92. The summed E-state index contributed by atoms with van der Waals surface area (Å²) in [5.41, 5.74) is 6.15. The molecule has 1 aromatic carbocycles. The molecule has 8 heteroatoms. The van der Waals surface area contributed by atoms with Crippen LogP contribution in [0.1, 0.15) is 18.0 Å². The van der Waals surface area contributed by atoms with Gasteiger partial charge in [0.2, 0.25) is 11.8 Å². The summed E-state index contributed by atoms with van der Waals surface area (Å²) in [6.45, 7) is -0.0188. The molecular formula is C13H15N5O3. The third-order valence-corrected chi connectivity index (χ3v) is 2.92. The van der Waals surface area contributed by atoms with Gasteiger partial charge in [-0.15, -0.1) is 0 Å². The van der Waals surface area contributed by atoms with Crippen LogP contribution < -0.4 is 11.1 Å². The molecule has 4 N–H and O–H groups in total. The van der Waals surface area contributed by atoms with Crippen molar-refractivity contribution in [3.8, 4) is 0 Å². The van der Waals surface area contributed by atoms with Gasteiger partial charge in [-0.25, -0.2) is 4.98 Å². The average Bonchev–Trinajstić information content (AvgIpc) is 2.47. The van der Waals surface area contributed by atoms with Gasteiger partial charge in [-0.2, -0.15) is 4.98 Å². The predicted molar refractivity (Wildman–Crippen MR) is 77.6 cm³/mol. The molecule has 0 fully saturated rings. The average molecular weight is 289 g/mol. The van der Waals surface area contributed by atoms with Crippen molar-refractivity contribution in [1.29, 1.82) is 0 Å². The molecule has 110 valence electrons. The highest BCUT2D eigenvalue weighted by molar-refractivity contribution is 5.53. The highest BCUT2D eigenvalue weighted by atomic mass is 16.6. The van der Waals surface area contributed by atoms with Gasteiger partial charge < -0.3 is 16.2 Å². The topological polar surface area (TPSA) is 127 Å². The van der Waals surface area contributed by atoms with Crippen molar-refractivity contribution in [2.24, 2.45) is 0 Å². The number of nitro groups is 1. The maximum atomic E-state index is 10.7. The van der Waals surface area contributed by atoms with Gasteiger partial charge in [-0.3, -0.25) is 10.1 Å². The van der Waals surface area contributed by atoms with Crippen LogP contribution in [-0.4, -0.2) is 26.6 Å². The summed E-state index contributed by atoms with van der Waals surface area (Å²) in [5, 5.41) is 22.8. The summed E-state index contributed by atoms with van der Waals surface area (Å²) in [4.78, 5) is 17.8. The number of benzene rings is 1. The van der Waals surface area contributed by atoms with Gasteiger partial charge in [0.1, 0.15) is 6.20 Å². The Labute approximate surface area is 120 Å². The predicted octanol–water partition coefficient (Wildman–Crippen LogP) is 1.50. The molecule has 0 amide bonds. The highest BCUT2D eigenvalue weighted by Gasteiger charge is 2.17. The van der Waals surface area contributed by atoms with Crippen LogP contribution in [0.5, 0.6) is 0 Å². The first-order chi connectivity index (χ1) is 10.1. The normalized spacial score (nSPS) is 11.9. The standard InChI is InChI=1S/C13H15N5O3/c14-12-11(18(20)21)8-15-13(17-12)16-10(6-7-19)9-4-2-1-3-5-9/h1-5,8,10,19H,6-7H2,(H3,14,15,16,17)/t10-/m0/s1. The molecule has 0 spiro atoms. The minimum absolute atomic E-state index is 0.0188. The number of aliphatic hydroxyl groups is 1. The summed E-state index contributed by atoms with van der Waals surface area (Å²) in [5.74, 6) is -0.0197. The second-order valence-corrected chi connectivity index (χ2v) is 4.34. The fourth-order valence-electron chi connectivity index (χ4n) is 1.89. The second-order valence-electron chi connectivity index (χ2n) is 4.34. The Morgan fingerprint density at radius 2 is 2.10 bits per heavy atom. The molecule has 0 radical (unpaired) electrons. The van der Waals surface area contributed by atoms with E-state index >= 15 is 0 Å². The zero-order valence-corrected chi connectivity index (χ0v) is 11.1. The fraction of sp³-hybridized carbons (Fsp3) is 0.231. The molecule has 2 rings (SSSR count).